The summed E-state index contributed by atoms with van der Waals surface area (Å²) in [4.78, 5) is 13.9. The first-order valence-corrected chi connectivity index (χ1v) is 9.13. The highest BCUT2D eigenvalue weighted by atomic mass is 32.2. The Morgan fingerprint density at radius 3 is 2.70 bits per heavy atom. The SMILES string of the molecule is CCN(C[C@H]1CCOC1)C(=O)NC[C@@H]1CCS(=O)(=O)C1. The molecule has 0 saturated carbocycles. The maximum atomic E-state index is 12.1. The minimum atomic E-state index is -2.87. The number of carbonyl (C=O) groups excluding carboxylic acids is 1. The third-order valence-electron chi connectivity index (χ3n) is 4.04. The maximum absolute atomic E-state index is 12.1. The van der Waals surface area contributed by atoms with E-state index in [9.17, 15) is 13.2 Å². The molecule has 0 aromatic rings. The first-order valence-electron chi connectivity index (χ1n) is 7.31. The number of amides is 2. The fraction of sp³-hybridized carbons (Fsp3) is 0.923. The Balaban J connectivity index is 1.74. The molecule has 1 N–H and O–H groups in total. The molecular weight excluding hydrogens is 280 g/mol. The van der Waals surface area contributed by atoms with E-state index in [-0.39, 0.29) is 23.5 Å². The number of sulfone groups is 1. The topological polar surface area (TPSA) is 75.7 Å². The first-order chi connectivity index (χ1) is 9.50. The molecule has 0 aromatic heterocycles. The molecule has 2 rings (SSSR count). The standard InChI is InChI=1S/C13H24N2O4S/c1-2-15(8-12-3-5-19-9-12)13(16)14-7-11-4-6-20(17,18)10-11/h11-12H,2-10H2,1H3,(H,14,16)/t11-,12+/m0/s1. The molecule has 2 aliphatic rings. The monoisotopic (exact) mass is 304 g/mol. The van der Waals surface area contributed by atoms with Crippen molar-refractivity contribution in [2.75, 3.05) is 44.4 Å². The highest BCUT2D eigenvalue weighted by molar-refractivity contribution is 7.91. The molecule has 2 amide bonds. The van der Waals surface area contributed by atoms with Crippen molar-refractivity contribution in [2.45, 2.75) is 19.8 Å². The fourth-order valence-electron chi connectivity index (χ4n) is 2.77. The first kappa shape index (κ1) is 15.6. The number of carbonyl (C=O) groups is 1. The molecule has 6 nitrogen and oxygen atoms in total. The van der Waals surface area contributed by atoms with Crippen LogP contribution >= 0.6 is 0 Å². The molecule has 0 aromatic carbocycles. The van der Waals surface area contributed by atoms with Gasteiger partial charge in [-0.25, -0.2) is 13.2 Å². The van der Waals surface area contributed by atoms with Crippen LogP contribution in [0.15, 0.2) is 0 Å². The fourth-order valence-corrected chi connectivity index (χ4v) is 4.63. The lowest BCUT2D eigenvalue weighted by Gasteiger charge is -2.24. The maximum Gasteiger partial charge on any atom is 0.317 e. The second-order valence-corrected chi connectivity index (χ2v) is 7.95. The Morgan fingerprint density at radius 1 is 1.35 bits per heavy atom. The third kappa shape index (κ3) is 4.34. The normalized spacial score (nSPS) is 28.4. The number of hydrogen-bond donors (Lipinski definition) is 1. The average molecular weight is 304 g/mol. The Hall–Kier alpha value is -0.820. The molecule has 20 heavy (non-hydrogen) atoms. The molecule has 0 bridgehead atoms. The van der Waals surface area contributed by atoms with Crippen LogP contribution in [0.5, 0.6) is 0 Å². The van der Waals surface area contributed by atoms with Gasteiger partial charge >= 0.3 is 6.03 Å². The van der Waals surface area contributed by atoms with E-state index >= 15 is 0 Å². The van der Waals surface area contributed by atoms with Crippen LogP contribution in [0.2, 0.25) is 0 Å². The van der Waals surface area contributed by atoms with Gasteiger partial charge in [-0.3, -0.25) is 0 Å². The van der Waals surface area contributed by atoms with Gasteiger partial charge in [0, 0.05) is 32.2 Å². The zero-order valence-corrected chi connectivity index (χ0v) is 12.8. The summed E-state index contributed by atoms with van der Waals surface area (Å²) in [5, 5.41) is 2.87. The van der Waals surface area contributed by atoms with E-state index in [4.69, 9.17) is 4.74 Å². The predicted octanol–water partition coefficient (Wildman–Crippen LogP) is 0.489. The highest BCUT2D eigenvalue weighted by Gasteiger charge is 2.28. The highest BCUT2D eigenvalue weighted by Crippen LogP contribution is 2.18. The summed E-state index contributed by atoms with van der Waals surface area (Å²) in [7, 11) is -2.87. The lowest BCUT2D eigenvalue weighted by molar-refractivity contribution is 0.166. The number of nitrogens with zero attached hydrogens (tertiary/aromatic N) is 1. The quantitative estimate of drug-likeness (QED) is 0.802. The van der Waals surface area contributed by atoms with Gasteiger partial charge in [-0.15, -0.1) is 0 Å². The van der Waals surface area contributed by atoms with Gasteiger partial charge < -0.3 is 15.0 Å². The molecule has 0 radical (unpaired) electrons. The lowest BCUT2D eigenvalue weighted by atomic mass is 10.1. The molecular formula is C13H24N2O4S. The van der Waals surface area contributed by atoms with Crippen LogP contribution in [0.3, 0.4) is 0 Å². The summed E-state index contributed by atoms with van der Waals surface area (Å²) in [5.74, 6) is 0.949. The van der Waals surface area contributed by atoms with Crippen molar-refractivity contribution in [1.82, 2.24) is 10.2 Å². The van der Waals surface area contributed by atoms with E-state index in [1.165, 1.54) is 0 Å². The Labute approximate surface area is 120 Å². The minimum Gasteiger partial charge on any atom is -0.381 e. The summed E-state index contributed by atoms with van der Waals surface area (Å²) in [5.41, 5.74) is 0. The number of hydrogen-bond acceptors (Lipinski definition) is 4. The zero-order chi connectivity index (χ0) is 14.6. The van der Waals surface area contributed by atoms with Gasteiger partial charge in [0.15, 0.2) is 9.84 Å². The summed E-state index contributed by atoms with van der Waals surface area (Å²) < 4.78 is 28.1. The number of urea groups is 1. The van der Waals surface area contributed by atoms with E-state index in [0.717, 1.165) is 19.6 Å². The molecule has 2 atom stereocenters. The van der Waals surface area contributed by atoms with E-state index in [0.29, 0.717) is 32.0 Å². The zero-order valence-electron chi connectivity index (χ0n) is 12.0. The summed E-state index contributed by atoms with van der Waals surface area (Å²) >= 11 is 0. The van der Waals surface area contributed by atoms with Gasteiger partial charge in [-0.05, 0) is 25.7 Å². The second kappa shape index (κ2) is 6.76. The molecule has 2 fully saturated rings. The second-order valence-electron chi connectivity index (χ2n) is 5.72. The largest absolute Gasteiger partial charge is 0.381 e. The third-order valence-corrected chi connectivity index (χ3v) is 5.88. The molecule has 0 aliphatic carbocycles. The smallest absolute Gasteiger partial charge is 0.317 e. The minimum absolute atomic E-state index is 0.0671. The van der Waals surface area contributed by atoms with Crippen LogP contribution < -0.4 is 5.32 Å². The van der Waals surface area contributed by atoms with Crippen LogP contribution in [-0.4, -0.2) is 63.7 Å². The average Bonchev–Trinajstić information content (AvgIpc) is 3.02. The van der Waals surface area contributed by atoms with Crippen molar-refractivity contribution in [1.29, 1.82) is 0 Å². The van der Waals surface area contributed by atoms with Crippen LogP contribution in [0.1, 0.15) is 19.8 Å². The Kier molecular flexibility index (Phi) is 5.26. The van der Waals surface area contributed by atoms with E-state index in [1.807, 2.05) is 6.92 Å². The predicted molar refractivity (Wildman–Crippen MR) is 76.3 cm³/mol. The molecule has 2 saturated heterocycles. The van der Waals surface area contributed by atoms with E-state index < -0.39 is 9.84 Å². The molecule has 2 aliphatic heterocycles. The van der Waals surface area contributed by atoms with Crippen molar-refractivity contribution < 1.29 is 17.9 Å². The molecule has 116 valence electrons. The van der Waals surface area contributed by atoms with Gasteiger partial charge in [-0.1, -0.05) is 0 Å². The number of rotatable bonds is 5. The van der Waals surface area contributed by atoms with Gasteiger partial charge in [0.05, 0.1) is 18.1 Å². The van der Waals surface area contributed by atoms with E-state index in [2.05, 4.69) is 5.32 Å². The van der Waals surface area contributed by atoms with Crippen molar-refractivity contribution in [3.05, 3.63) is 0 Å². The Morgan fingerprint density at radius 2 is 2.15 bits per heavy atom. The van der Waals surface area contributed by atoms with Crippen molar-refractivity contribution in [2.24, 2.45) is 11.8 Å². The van der Waals surface area contributed by atoms with Crippen LogP contribution in [-0.2, 0) is 14.6 Å². The van der Waals surface area contributed by atoms with Gasteiger partial charge in [0.25, 0.3) is 0 Å². The van der Waals surface area contributed by atoms with Crippen molar-refractivity contribution >= 4 is 15.9 Å². The molecule has 0 spiro atoms. The van der Waals surface area contributed by atoms with E-state index in [1.54, 1.807) is 4.90 Å². The lowest BCUT2D eigenvalue weighted by Crippen LogP contribution is -2.44. The van der Waals surface area contributed by atoms with Crippen molar-refractivity contribution in [3.63, 3.8) is 0 Å². The van der Waals surface area contributed by atoms with Gasteiger partial charge in [0.2, 0.25) is 0 Å². The summed E-state index contributed by atoms with van der Waals surface area (Å²) in [6, 6.07) is -0.0938. The summed E-state index contributed by atoms with van der Waals surface area (Å²) in [6.45, 7) is 5.29. The molecule has 2 heterocycles. The summed E-state index contributed by atoms with van der Waals surface area (Å²) in [6.07, 6.45) is 1.66. The molecule has 0 unspecified atom stereocenters. The van der Waals surface area contributed by atoms with Gasteiger partial charge in [0.1, 0.15) is 0 Å². The van der Waals surface area contributed by atoms with Crippen LogP contribution in [0.25, 0.3) is 0 Å². The molecule has 7 heteroatoms. The Bertz CT molecular complexity index is 432. The van der Waals surface area contributed by atoms with Gasteiger partial charge in [-0.2, -0.15) is 0 Å². The number of nitrogens with one attached hydrogen (secondary N) is 1. The van der Waals surface area contributed by atoms with Crippen LogP contribution in [0.4, 0.5) is 4.79 Å². The van der Waals surface area contributed by atoms with Crippen LogP contribution in [0, 0.1) is 11.8 Å². The van der Waals surface area contributed by atoms with Crippen molar-refractivity contribution in [3.8, 4) is 0 Å². The number of ether oxygens (including phenoxy) is 1.